The molecule has 8 heteroatoms. The number of nitrogens with zero attached hydrogens (tertiary/aromatic N) is 4. The van der Waals surface area contributed by atoms with Crippen LogP contribution in [0.1, 0.15) is 54.3 Å². The number of anilines is 3. The second-order valence-electron chi connectivity index (χ2n) is 10.4. The number of aromatic nitrogens is 3. The van der Waals surface area contributed by atoms with E-state index in [-0.39, 0.29) is 6.61 Å². The highest BCUT2D eigenvalue weighted by molar-refractivity contribution is 5.76. The predicted molar refractivity (Wildman–Crippen MR) is 137 cm³/mol. The van der Waals surface area contributed by atoms with E-state index in [1.54, 1.807) is 6.20 Å². The molecule has 0 bridgehead atoms. The molecule has 1 aromatic carbocycles. The number of nitriles is 1. The number of rotatable bonds is 7. The first-order chi connectivity index (χ1) is 17.6. The molecule has 2 aliphatic heterocycles. The van der Waals surface area contributed by atoms with Crippen molar-refractivity contribution >= 4 is 17.3 Å². The summed E-state index contributed by atoms with van der Waals surface area (Å²) in [6, 6.07) is 10.2. The quantitative estimate of drug-likeness (QED) is 0.458. The van der Waals surface area contributed by atoms with Crippen LogP contribution in [0.5, 0.6) is 0 Å². The molecule has 4 heterocycles. The van der Waals surface area contributed by atoms with Crippen LogP contribution in [0.2, 0.25) is 0 Å². The van der Waals surface area contributed by atoms with Crippen molar-refractivity contribution in [1.29, 1.82) is 5.26 Å². The molecule has 0 amide bonds. The number of benzene rings is 1. The van der Waals surface area contributed by atoms with Gasteiger partial charge in [-0.1, -0.05) is 19.8 Å². The van der Waals surface area contributed by atoms with Crippen molar-refractivity contribution in [2.75, 3.05) is 30.4 Å². The molecule has 1 fully saturated rings. The maximum atomic E-state index is 10.0. The molecule has 3 N–H and O–H groups in total. The number of aliphatic hydroxyl groups excluding tert-OH is 1. The number of hydrogen-bond acceptors (Lipinski definition) is 8. The Kier molecular flexibility index (Phi) is 5.82. The van der Waals surface area contributed by atoms with Crippen LogP contribution >= 0.6 is 0 Å². The van der Waals surface area contributed by atoms with Gasteiger partial charge in [-0.2, -0.15) is 5.26 Å². The van der Waals surface area contributed by atoms with E-state index in [2.05, 4.69) is 27.8 Å². The SMILES string of the molecule is C[C@]1(CO)CNc2c(C#N)cc(-c3ccnc(Nc4cc5c(nc4CCC4CC4)CCOC5)n3)cc21. The van der Waals surface area contributed by atoms with Gasteiger partial charge in [0.1, 0.15) is 6.07 Å². The molecule has 0 saturated heterocycles. The highest BCUT2D eigenvalue weighted by Gasteiger charge is 2.36. The van der Waals surface area contributed by atoms with Crippen LogP contribution in [0.15, 0.2) is 30.5 Å². The summed E-state index contributed by atoms with van der Waals surface area (Å²) in [5.41, 5.74) is 7.62. The Morgan fingerprint density at radius 3 is 2.97 bits per heavy atom. The number of fused-ring (bicyclic) bond motifs is 2. The summed E-state index contributed by atoms with van der Waals surface area (Å²) in [6.45, 7) is 3.88. The van der Waals surface area contributed by atoms with Gasteiger partial charge in [0, 0.05) is 41.4 Å². The summed E-state index contributed by atoms with van der Waals surface area (Å²) in [5.74, 6) is 1.31. The average Bonchev–Trinajstić information content (AvgIpc) is 3.69. The number of ether oxygens (including phenoxy) is 1. The first kappa shape index (κ1) is 22.9. The lowest BCUT2D eigenvalue weighted by atomic mass is 9.83. The molecule has 0 unspecified atom stereocenters. The minimum absolute atomic E-state index is 0.00339. The lowest BCUT2D eigenvalue weighted by molar-refractivity contribution is 0.109. The lowest BCUT2D eigenvalue weighted by Gasteiger charge is -2.21. The molecule has 1 atom stereocenters. The highest BCUT2D eigenvalue weighted by Crippen LogP contribution is 2.41. The van der Waals surface area contributed by atoms with Crippen LogP contribution in [0, 0.1) is 17.2 Å². The minimum Gasteiger partial charge on any atom is -0.395 e. The second kappa shape index (κ2) is 9.16. The van der Waals surface area contributed by atoms with Gasteiger partial charge in [-0.05, 0) is 48.6 Å². The third-order valence-electron chi connectivity index (χ3n) is 7.61. The number of aliphatic hydroxyl groups is 1. The maximum Gasteiger partial charge on any atom is 0.227 e. The number of hydrogen-bond donors (Lipinski definition) is 3. The van der Waals surface area contributed by atoms with Crippen LogP contribution < -0.4 is 10.6 Å². The summed E-state index contributed by atoms with van der Waals surface area (Å²) < 4.78 is 5.66. The van der Waals surface area contributed by atoms with E-state index in [0.717, 1.165) is 71.2 Å². The van der Waals surface area contributed by atoms with Crippen molar-refractivity contribution in [1.82, 2.24) is 15.0 Å². The predicted octanol–water partition coefficient (Wildman–Crippen LogP) is 4.24. The molecule has 3 aliphatic rings. The Morgan fingerprint density at radius 1 is 1.28 bits per heavy atom. The Balaban J connectivity index is 1.34. The van der Waals surface area contributed by atoms with Gasteiger partial charge in [0.05, 0.1) is 48.1 Å². The Morgan fingerprint density at radius 2 is 2.17 bits per heavy atom. The van der Waals surface area contributed by atoms with Crippen LogP contribution in [0.25, 0.3) is 11.3 Å². The number of aryl methyl sites for hydroxylation is 1. The zero-order valence-electron chi connectivity index (χ0n) is 20.5. The van der Waals surface area contributed by atoms with E-state index in [1.807, 2.05) is 25.1 Å². The van der Waals surface area contributed by atoms with Gasteiger partial charge < -0.3 is 20.5 Å². The van der Waals surface area contributed by atoms with Crippen molar-refractivity contribution in [3.8, 4) is 17.3 Å². The monoisotopic (exact) mass is 482 g/mol. The van der Waals surface area contributed by atoms with Crippen molar-refractivity contribution in [3.05, 3.63) is 58.5 Å². The van der Waals surface area contributed by atoms with Crippen molar-refractivity contribution in [2.24, 2.45) is 5.92 Å². The molecular formula is C28H30N6O2. The van der Waals surface area contributed by atoms with Gasteiger partial charge in [0.2, 0.25) is 5.95 Å². The molecule has 2 aromatic heterocycles. The van der Waals surface area contributed by atoms with Gasteiger partial charge in [-0.25, -0.2) is 9.97 Å². The van der Waals surface area contributed by atoms with E-state index in [1.165, 1.54) is 12.8 Å². The van der Waals surface area contributed by atoms with Gasteiger partial charge in [0.25, 0.3) is 0 Å². The fourth-order valence-electron chi connectivity index (χ4n) is 5.14. The van der Waals surface area contributed by atoms with Crippen molar-refractivity contribution in [3.63, 3.8) is 0 Å². The highest BCUT2D eigenvalue weighted by atomic mass is 16.5. The van der Waals surface area contributed by atoms with E-state index in [9.17, 15) is 10.4 Å². The maximum absolute atomic E-state index is 10.0. The number of nitrogens with one attached hydrogen (secondary N) is 2. The molecule has 1 aliphatic carbocycles. The average molecular weight is 483 g/mol. The largest absolute Gasteiger partial charge is 0.395 e. The molecule has 8 nitrogen and oxygen atoms in total. The normalized spacial score (nSPS) is 20.2. The Bertz CT molecular complexity index is 1360. The third kappa shape index (κ3) is 4.29. The molecule has 0 radical (unpaired) electrons. The van der Waals surface area contributed by atoms with E-state index < -0.39 is 5.41 Å². The Hall–Kier alpha value is -3.54. The van der Waals surface area contributed by atoms with E-state index in [4.69, 9.17) is 14.7 Å². The smallest absolute Gasteiger partial charge is 0.227 e. The van der Waals surface area contributed by atoms with Crippen molar-refractivity contribution in [2.45, 2.75) is 51.0 Å². The fourth-order valence-corrected chi connectivity index (χ4v) is 5.14. The molecule has 0 spiro atoms. The summed E-state index contributed by atoms with van der Waals surface area (Å²) in [6.07, 6.45) is 7.31. The van der Waals surface area contributed by atoms with E-state index >= 15 is 0 Å². The second-order valence-corrected chi connectivity index (χ2v) is 10.4. The first-order valence-electron chi connectivity index (χ1n) is 12.7. The van der Waals surface area contributed by atoms with Crippen LogP contribution in [0.3, 0.4) is 0 Å². The Labute approximate surface area is 210 Å². The van der Waals surface area contributed by atoms with Gasteiger partial charge >= 0.3 is 0 Å². The summed E-state index contributed by atoms with van der Waals surface area (Å²) in [5, 5.41) is 26.5. The zero-order chi connectivity index (χ0) is 24.7. The van der Waals surface area contributed by atoms with Gasteiger partial charge in [-0.15, -0.1) is 0 Å². The fraction of sp³-hybridized carbons (Fsp3) is 0.429. The molecule has 1 saturated carbocycles. The number of pyridine rings is 1. The summed E-state index contributed by atoms with van der Waals surface area (Å²) >= 11 is 0. The molecule has 6 rings (SSSR count). The van der Waals surface area contributed by atoms with Crippen molar-refractivity contribution < 1.29 is 9.84 Å². The summed E-state index contributed by atoms with van der Waals surface area (Å²) in [4.78, 5) is 14.3. The zero-order valence-corrected chi connectivity index (χ0v) is 20.5. The van der Waals surface area contributed by atoms with Gasteiger partial charge in [-0.3, -0.25) is 4.98 Å². The molecule has 3 aromatic rings. The van der Waals surface area contributed by atoms with Crippen LogP contribution in [-0.4, -0.2) is 39.8 Å². The molecular weight excluding hydrogens is 452 g/mol. The van der Waals surface area contributed by atoms with Crippen LogP contribution in [0.4, 0.5) is 17.3 Å². The summed E-state index contributed by atoms with van der Waals surface area (Å²) in [7, 11) is 0. The van der Waals surface area contributed by atoms with E-state index in [0.29, 0.717) is 30.4 Å². The lowest BCUT2D eigenvalue weighted by Crippen LogP contribution is -2.28. The first-order valence-corrected chi connectivity index (χ1v) is 12.7. The molecule has 184 valence electrons. The standard InChI is InChI=1S/C28H30N6O2/c1-28(16-35)15-31-26-19(13-29)10-18(11-21(26)28)22-6-8-30-27(33-22)34-25-12-20-14-36-9-7-23(20)32-24(25)5-4-17-2-3-17/h6,8,10-12,17,31,35H,2-5,7,9,14-16H2,1H3,(H,30,33,34)/t28-/m1/s1. The molecule has 36 heavy (non-hydrogen) atoms. The van der Waals surface area contributed by atoms with Gasteiger partial charge in [0.15, 0.2) is 0 Å². The minimum atomic E-state index is -0.446. The van der Waals surface area contributed by atoms with Crippen LogP contribution in [-0.2, 0) is 29.6 Å². The third-order valence-corrected chi connectivity index (χ3v) is 7.61. The topological polar surface area (TPSA) is 116 Å².